The van der Waals surface area contributed by atoms with E-state index in [-0.39, 0.29) is 10.7 Å². The van der Waals surface area contributed by atoms with Gasteiger partial charge in [0, 0.05) is 38.5 Å². The number of pyridine rings is 1. The monoisotopic (exact) mass is 376 g/mol. The minimum absolute atomic E-state index is 0.0292. The van der Waals surface area contributed by atoms with E-state index in [0.717, 1.165) is 29.1 Å². The highest BCUT2D eigenvalue weighted by atomic mass is 35.5. The Bertz CT molecular complexity index is 852. The number of halogens is 2. The minimum atomic E-state index is -0.553. The summed E-state index contributed by atoms with van der Waals surface area (Å²) in [5.41, 5.74) is 8.58. The van der Waals surface area contributed by atoms with E-state index in [1.165, 1.54) is 12.1 Å². The molecule has 7 heteroatoms. The smallest absolute Gasteiger partial charge is 0.214 e. The van der Waals surface area contributed by atoms with E-state index in [0.29, 0.717) is 12.1 Å². The topological polar surface area (TPSA) is 62.5 Å². The van der Waals surface area contributed by atoms with Crippen LogP contribution in [0.4, 0.5) is 21.6 Å². The Morgan fingerprint density at radius 2 is 2.04 bits per heavy atom. The molecule has 5 nitrogen and oxygen atoms in total. The first kappa shape index (κ1) is 19.7. The number of anilines is 3. The number of rotatable bonds is 6. The SMILES string of the molecule is CCN(C=O)c1cc(N(C)C)ncc1/C=C(\C)c1cc(N)c(F)cc1Cl. The molecule has 0 saturated heterocycles. The molecule has 0 aliphatic heterocycles. The average Bonchev–Trinajstić information content (AvgIpc) is 2.60. The number of amides is 1. The maximum absolute atomic E-state index is 13.5. The Labute approximate surface area is 157 Å². The Morgan fingerprint density at radius 3 is 2.62 bits per heavy atom. The number of hydrogen-bond acceptors (Lipinski definition) is 4. The number of allylic oxidation sites excluding steroid dienone is 1. The number of hydrogen-bond donors (Lipinski definition) is 1. The molecule has 0 aliphatic carbocycles. The summed E-state index contributed by atoms with van der Waals surface area (Å²) in [6.45, 7) is 4.26. The predicted molar refractivity (Wildman–Crippen MR) is 107 cm³/mol. The van der Waals surface area contributed by atoms with Crippen molar-refractivity contribution in [3.8, 4) is 0 Å². The van der Waals surface area contributed by atoms with Gasteiger partial charge in [0.05, 0.1) is 16.4 Å². The zero-order valence-corrected chi connectivity index (χ0v) is 16.0. The first-order valence-electron chi connectivity index (χ1n) is 8.11. The van der Waals surface area contributed by atoms with Crippen LogP contribution in [-0.4, -0.2) is 32.0 Å². The zero-order valence-electron chi connectivity index (χ0n) is 15.3. The molecule has 0 radical (unpaired) electrons. The summed E-state index contributed by atoms with van der Waals surface area (Å²) in [6.07, 6.45) is 4.33. The molecule has 1 aromatic carbocycles. The van der Waals surface area contributed by atoms with Gasteiger partial charge in [-0.05, 0) is 43.2 Å². The number of nitrogens with two attached hydrogens (primary N) is 1. The highest BCUT2D eigenvalue weighted by Crippen LogP contribution is 2.32. The van der Waals surface area contributed by atoms with Gasteiger partial charge in [0.1, 0.15) is 11.6 Å². The molecule has 0 saturated carbocycles. The molecule has 0 aliphatic rings. The lowest BCUT2D eigenvalue weighted by Crippen LogP contribution is -2.22. The minimum Gasteiger partial charge on any atom is -0.396 e. The van der Waals surface area contributed by atoms with Gasteiger partial charge in [-0.3, -0.25) is 4.79 Å². The third kappa shape index (κ3) is 4.14. The largest absolute Gasteiger partial charge is 0.396 e. The molecule has 2 N–H and O–H groups in total. The first-order chi connectivity index (χ1) is 12.3. The number of carbonyl (C=O) groups is 1. The van der Waals surface area contributed by atoms with E-state index in [9.17, 15) is 9.18 Å². The third-order valence-corrected chi connectivity index (χ3v) is 4.33. The molecule has 1 aromatic heterocycles. The van der Waals surface area contributed by atoms with Gasteiger partial charge in [0.15, 0.2) is 0 Å². The molecule has 0 unspecified atom stereocenters. The third-order valence-electron chi connectivity index (χ3n) is 4.02. The second kappa shape index (κ2) is 8.19. The molecule has 0 bridgehead atoms. The van der Waals surface area contributed by atoms with Crippen molar-refractivity contribution in [2.75, 3.05) is 36.2 Å². The van der Waals surface area contributed by atoms with Crippen molar-refractivity contribution in [1.29, 1.82) is 0 Å². The van der Waals surface area contributed by atoms with Crippen LogP contribution in [0.25, 0.3) is 11.6 Å². The molecule has 2 aromatic rings. The van der Waals surface area contributed by atoms with Crippen LogP contribution >= 0.6 is 11.6 Å². The van der Waals surface area contributed by atoms with Crippen molar-refractivity contribution in [3.05, 3.63) is 46.4 Å². The average molecular weight is 377 g/mol. The lowest BCUT2D eigenvalue weighted by Gasteiger charge is -2.21. The molecular weight excluding hydrogens is 355 g/mol. The van der Waals surface area contributed by atoms with Gasteiger partial charge < -0.3 is 15.5 Å². The highest BCUT2D eigenvalue weighted by molar-refractivity contribution is 6.32. The second-order valence-electron chi connectivity index (χ2n) is 6.07. The van der Waals surface area contributed by atoms with Crippen molar-refractivity contribution in [1.82, 2.24) is 4.98 Å². The maximum Gasteiger partial charge on any atom is 0.214 e. The van der Waals surface area contributed by atoms with E-state index in [2.05, 4.69) is 4.98 Å². The number of nitrogens with zero attached hydrogens (tertiary/aromatic N) is 3. The zero-order chi connectivity index (χ0) is 19.4. The molecule has 2 rings (SSSR count). The maximum atomic E-state index is 13.5. The standard InChI is InChI=1S/C19H22ClFN4O/c1-5-25(11-26)18-9-19(24(3)4)23-10-13(18)6-12(2)14-7-17(22)16(21)8-15(14)20/h6-11H,5,22H2,1-4H3/b12-6+. The highest BCUT2D eigenvalue weighted by Gasteiger charge is 2.13. The van der Waals surface area contributed by atoms with Crippen LogP contribution in [0.15, 0.2) is 24.4 Å². The Morgan fingerprint density at radius 1 is 1.35 bits per heavy atom. The van der Waals surface area contributed by atoms with Crippen LogP contribution < -0.4 is 15.5 Å². The summed E-state index contributed by atoms with van der Waals surface area (Å²) < 4.78 is 13.5. The normalized spacial score (nSPS) is 11.4. The molecular formula is C19H22ClFN4O. The second-order valence-corrected chi connectivity index (χ2v) is 6.48. The summed E-state index contributed by atoms with van der Waals surface area (Å²) in [6, 6.07) is 4.54. The van der Waals surface area contributed by atoms with Crippen LogP contribution in [-0.2, 0) is 4.79 Å². The van der Waals surface area contributed by atoms with Crippen molar-refractivity contribution in [3.63, 3.8) is 0 Å². The van der Waals surface area contributed by atoms with Crippen molar-refractivity contribution >= 4 is 46.9 Å². The Balaban J connectivity index is 2.58. The van der Waals surface area contributed by atoms with Crippen LogP contribution in [0.1, 0.15) is 25.0 Å². The predicted octanol–water partition coefficient (Wildman–Crippen LogP) is 4.07. The summed E-state index contributed by atoms with van der Waals surface area (Å²) in [4.78, 5) is 19.3. The Hall–Kier alpha value is -2.60. The quantitative estimate of drug-likeness (QED) is 0.610. The number of aromatic nitrogens is 1. The van der Waals surface area contributed by atoms with E-state index in [1.807, 2.05) is 45.0 Å². The van der Waals surface area contributed by atoms with Crippen molar-refractivity contribution in [2.24, 2.45) is 0 Å². The summed E-state index contributed by atoms with van der Waals surface area (Å²) in [7, 11) is 3.76. The lowest BCUT2D eigenvalue weighted by molar-refractivity contribution is -0.107. The molecule has 0 spiro atoms. The molecule has 1 amide bonds. The fraction of sp³-hybridized carbons (Fsp3) is 0.263. The van der Waals surface area contributed by atoms with Gasteiger partial charge >= 0.3 is 0 Å². The van der Waals surface area contributed by atoms with E-state index in [4.69, 9.17) is 17.3 Å². The van der Waals surface area contributed by atoms with Gasteiger partial charge in [-0.15, -0.1) is 0 Å². The van der Waals surface area contributed by atoms with Crippen LogP contribution in [0.5, 0.6) is 0 Å². The van der Waals surface area contributed by atoms with Gasteiger partial charge in [0.2, 0.25) is 6.41 Å². The number of carbonyl (C=O) groups excluding carboxylic acids is 1. The lowest BCUT2D eigenvalue weighted by atomic mass is 10.0. The van der Waals surface area contributed by atoms with Gasteiger partial charge in [0.25, 0.3) is 0 Å². The summed E-state index contributed by atoms with van der Waals surface area (Å²) in [5, 5.41) is 0.271. The summed E-state index contributed by atoms with van der Waals surface area (Å²) in [5.74, 6) is 0.182. The van der Waals surface area contributed by atoms with Gasteiger partial charge in [-0.1, -0.05) is 11.6 Å². The van der Waals surface area contributed by atoms with E-state index < -0.39 is 5.82 Å². The van der Waals surface area contributed by atoms with Crippen molar-refractivity contribution < 1.29 is 9.18 Å². The van der Waals surface area contributed by atoms with Crippen LogP contribution in [0.3, 0.4) is 0 Å². The van der Waals surface area contributed by atoms with Crippen LogP contribution in [0, 0.1) is 5.82 Å². The molecule has 0 fully saturated rings. The van der Waals surface area contributed by atoms with Crippen molar-refractivity contribution in [2.45, 2.75) is 13.8 Å². The van der Waals surface area contributed by atoms with Gasteiger partial charge in [-0.2, -0.15) is 0 Å². The fourth-order valence-electron chi connectivity index (χ4n) is 2.53. The first-order valence-corrected chi connectivity index (χ1v) is 8.48. The molecule has 138 valence electrons. The van der Waals surface area contributed by atoms with E-state index >= 15 is 0 Å². The molecule has 26 heavy (non-hydrogen) atoms. The van der Waals surface area contributed by atoms with E-state index in [1.54, 1.807) is 11.1 Å². The number of benzene rings is 1. The Kier molecular flexibility index (Phi) is 6.21. The molecule has 1 heterocycles. The molecule has 0 atom stereocenters. The summed E-state index contributed by atoms with van der Waals surface area (Å²) >= 11 is 6.16. The van der Waals surface area contributed by atoms with Crippen LogP contribution in [0.2, 0.25) is 5.02 Å². The fourth-order valence-corrected chi connectivity index (χ4v) is 2.83. The number of nitrogen functional groups attached to an aromatic ring is 1. The van der Waals surface area contributed by atoms with Gasteiger partial charge in [-0.25, -0.2) is 9.37 Å².